The smallest absolute Gasteiger partial charge is 0.282 e. The zero-order valence-electron chi connectivity index (χ0n) is 14.2. The molecule has 136 valence electrons. The number of hydrogen-bond acceptors (Lipinski definition) is 6. The lowest BCUT2D eigenvalue weighted by molar-refractivity contribution is -0.385. The van der Waals surface area contributed by atoms with Gasteiger partial charge in [-0.3, -0.25) is 19.7 Å². The summed E-state index contributed by atoms with van der Waals surface area (Å²) >= 11 is 1.38. The van der Waals surface area contributed by atoms with Gasteiger partial charge in [0, 0.05) is 30.5 Å². The summed E-state index contributed by atoms with van der Waals surface area (Å²) in [7, 11) is 0. The Labute approximate surface area is 154 Å². The van der Waals surface area contributed by atoms with Gasteiger partial charge in [0.15, 0.2) is 5.13 Å². The lowest BCUT2D eigenvalue weighted by Crippen LogP contribution is -2.41. The first kappa shape index (κ1) is 18.0. The lowest BCUT2D eigenvalue weighted by atomic mass is 9.95. The van der Waals surface area contributed by atoms with Crippen LogP contribution in [-0.4, -0.2) is 39.7 Å². The van der Waals surface area contributed by atoms with E-state index < -0.39 is 4.92 Å². The zero-order valence-corrected chi connectivity index (χ0v) is 15.0. The van der Waals surface area contributed by atoms with Crippen molar-refractivity contribution in [2.75, 3.05) is 18.4 Å². The number of carbonyl (C=O) groups excluding carboxylic acids is 2. The fourth-order valence-corrected chi connectivity index (χ4v) is 3.64. The number of carbonyl (C=O) groups is 2. The summed E-state index contributed by atoms with van der Waals surface area (Å²) in [6.07, 6.45) is 1.03. The Morgan fingerprint density at radius 3 is 2.62 bits per heavy atom. The minimum atomic E-state index is -0.552. The molecule has 0 atom stereocenters. The van der Waals surface area contributed by atoms with Gasteiger partial charge in [-0.1, -0.05) is 12.1 Å². The quantitative estimate of drug-likeness (QED) is 0.654. The van der Waals surface area contributed by atoms with Crippen molar-refractivity contribution in [2.45, 2.75) is 19.8 Å². The van der Waals surface area contributed by atoms with E-state index in [2.05, 4.69) is 10.3 Å². The Kier molecular flexibility index (Phi) is 5.27. The maximum absolute atomic E-state index is 12.6. The molecule has 9 heteroatoms. The van der Waals surface area contributed by atoms with Crippen molar-refractivity contribution in [1.29, 1.82) is 0 Å². The topological polar surface area (TPSA) is 105 Å². The van der Waals surface area contributed by atoms with Gasteiger partial charge in [0.25, 0.3) is 11.6 Å². The number of likely N-dealkylation sites (tertiary alicyclic amines) is 1. The number of rotatable bonds is 4. The molecule has 1 N–H and O–H groups in total. The maximum Gasteiger partial charge on any atom is 0.282 e. The molecule has 1 aliphatic rings. The SMILES string of the molecule is Cc1csc(NC(=O)C2CCN(C(=O)c3ccccc3[N+](=O)[O-])CC2)n1. The largest absolute Gasteiger partial charge is 0.338 e. The third-order valence-corrected chi connectivity index (χ3v) is 5.21. The predicted octanol–water partition coefficient (Wildman–Crippen LogP) is 2.85. The van der Waals surface area contributed by atoms with E-state index in [0.29, 0.717) is 31.1 Å². The van der Waals surface area contributed by atoms with Crippen LogP contribution >= 0.6 is 11.3 Å². The van der Waals surface area contributed by atoms with E-state index >= 15 is 0 Å². The normalized spacial score (nSPS) is 14.9. The van der Waals surface area contributed by atoms with Crippen LogP contribution in [0.25, 0.3) is 0 Å². The second-order valence-corrected chi connectivity index (χ2v) is 6.98. The number of benzene rings is 1. The number of thiazole rings is 1. The molecule has 2 aromatic rings. The number of amides is 2. The number of aryl methyl sites for hydroxylation is 1. The number of nitro benzene ring substituents is 1. The first-order valence-electron chi connectivity index (χ1n) is 8.21. The van der Waals surface area contributed by atoms with Crippen LogP contribution in [-0.2, 0) is 4.79 Å². The van der Waals surface area contributed by atoms with Crippen LogP contribution < -0.4 is 5.32 Å². The molecular formula is C17H18N4O4S. The molecule has 1 saturated heterocycles. The van der Waals surface area contributed by atoms with E-state index in [-0.39, 0.29) is 29.0 Å². The number of para-hydroxylation sites is 1. The number of anilines is 1. The van der Waals surface area contributed by atoms with E-state index in [9.17, 15) is 19.7 Å². The van der Waals surface area contributed by atoms with Crippen molar-refractivity contribution in [3.05, 3.63) is 51.0 Å². The molecule has 26 heavy (non-hydrogen) atoms. The van der Waals surface area contributed by atoms with Gasteiger partial charge in [-0.05, 0) is 25.8 Å². The average Bonchev–Trinajstić information content (AvgIpc) is 3.06. The van der Waals surface area contributed by atoms with Crippen LogP contribution in [0, 0.1) is 23.0 Å². The van der Waals surface area contributed by atoms with E-state index in [1.165, 1.54) is 29.5 Å². The van der Waals surface area contributed by atoms with Crippen molar-refractivity contribution in [1.82, 2.24) is 9.88 Å². The molecule has 0 unspecified atom stereocenters. The van der Waals surface area contributed by atoms with Crippen LogP contribution in [0.2, 0.25) is 0 Å². The molecule has 0 aliphatic carbocycles. The van der Waals surface area contributed by atoms with E-state index in [4.69, 9.17) is 0 Å². The summed E-state index contributed by atoms with van der Waals surface area (Å²) in [6.45, 7) is 2.64. The van der Waals surface area contributed by atoms with Gasteiger partial charge < -0.3 is 10.2 Å². The molecule has 1 aromatic heterocycles. The third-order valence-electron chi connectivity index (χ3n) is 4.33. The van der Waals surface area contributed by atoms with Gasteiger partial charge in [-0.25, -0.2) is 4.98 Å². The van der Waals surface area contributed by atoms with E-state index in [1.807, 2.05) is 12.3 Å². The molecule has 2 heterocycles. The number of piperidine rings is 1. The van der Waals surface area contributed by atoms with Crippen LogP contribution in [0.15, 0.2) is 29.6 Å². The van der Waals surface area contributed by atoms with Gasteiger partial charge in [0.05, 0.1) is 10.6 Å². The summed E-state index contributed by atoms with van der Waals surface area (Å²) in [4.78, 5) is 41.3. The summed E-state index contributed by atoms with van der Waals surface area (Å²) in [5, 5.41) is 16.4. The standard InChI is InChI=1S/C17H18N4O4S/c1-11-10-26-17(18-11)19-15(22)12-6-8-20(9-7-12)16(23)13-4-2-3-5-14(13)21(24)25/h2-5,10,12H,6-9H2,1H3,(H,18,19,22). The van der Waals surface area contributed by atoms with Crippen molar-refractivity contribution < 1.29 is 14.5 Å². The summed E-state index contributed by atoms with van der Waals surface area (Å²) < 4.78 is 0. The van der Waals surface area contributed by atoms with Crippen molar-refractivity contribution in [3.63, 3.8) is 0 Å². The van der Waals surface area contributed by atoms with Crippen LogP contribution in [0.5, 0.6) is 0 Å². The molecule has 1 aromatic carbocycles. The Morgan fingerprint density at radius 2 is 2.00 bits per heavy atom. The molecule has 0 spiro atoms. The second kappa shape index (κ2) is 7.61. The number of hydrogen-bond donors (Lipinski definition) is 1. The van der Waals surface area contributed by atoms with E-state index in [1.54, 1.807) is 11.0 Å². The Balaban J connectivity index is 1.60. The Hall–Kier alpha value is -2.81. The summed E-state index contributed by atoms with van der Waals surface area (Å²) in [5.74, 6) is -0.669. The average molecular weight is 374 g/mol. The summed E-state index contributed by atoms with van der Waals surface area (Å²) in [5.41, 5.74) is 0.741. The second-order valence-electron chi connectivity index (χ2n) is 6.12. The first-order valence-corrected chi connectivity index (χ1v) is 9.09. The van der Waals surface area contributed by atoms with Crippen molar-refractivity contribution >= 4 is 34.0 Å². The zero-order chi connectivity index (χ0) is 18.7. The number of aromatic nitrogens is 1. The number of nitro groups is 1. The predicted molar refractivity (Wildman–Crippen MR) is 97.2 cm³/mol. The lowest BCUT2D eigenvalue weighted by Gasteiger charge is -2.31. The van der Waals surface area contributed by atoms with Crippen molar-refractivity contribution in [2.24, 2.45) is 5.92 Å². The molecule has 2 amide bonds. The monoisotopic (exact) mass is 374 g/mol. The maximum atomic E-state index is 12.6. The highest BCUT2D eigenvalue weighted by Gasteiger charge is 2.30. The molecule has 3 rings (SSSR count). The Bertz CT molecular complexity index is 843. The van der Waals surface area contributed by atoms with Crippen LogP contribution in [0.4, 0.5) is 10.8 Å². The van der Waals surface area contributed by atoms with Gasteiger partial charge in [0.1, 0.15) is 5.56 Å². The van der Waals surface area contributed by atoms with Crippen molar-refractivity contribution in [3.8, 4) is 0 Å². The fraction of sp³-hybridized carbons (Fsp3) is 0.353. The molecule has 1 fully saturated rings. The third kappa shape index (κ3) is 3.88. The van der Waals surface area contributed by atoms with E-state index in [0.717, 1.165) is 5.69 Å². The Morgan fingerprint density at radius 1 is 1.31 bits per heavy atom. The minimum Gasteiger partial charge on any atom is -0.338 e. The fourth-order valence-electron chi connectivity index (χ4n) is 2.95. The van der Waals surface area contributed by atoms with Gasteiger partial charge in [-0.2, -0.15) is 0 Å². The molecule has 8 nitrogen and oxygen atoms in total. The highest BCUT2D eigenvalue weighted by molar-refractivity contribution is 7.13. The van der Waals surface area contributed by atoms with Crippen LogP contribution in [0.1, 0.15) is 28.9 Å². The highest BCUT2D eigenvalue weighted by atomic mass is 32.1. The molecule has 0 radical (unpaired) electrons. The summed E-state index contributed by atoms with van der Waals surface area (Å²) in [6, 6.07) is 5.93. The first-order chi connectivity index (χ1) is 12.5. The number of nitrogens with zero attached hydrogens (tertiary/aromatic N) is 3. The molecule has 1 aliphatic heterocycles. The number of nitrogens with one attached hydrogen (secondary N) is 1. The van der Waals surface area contributed by atoms with Crippen LogP contribution in [0.3, 0.4) is 0 Å². The molecule has 0 bridgehead atoms. The minimum absolute atomic E-state index is 0.0821. The van der Waals surface area contributed by atoms with Gasteiger partial charge >= 0.3 is 0 Å². The molecule has 0 saturated carbocycles. The van der Waals surface area contributed by atoms with Gasteiger partial charge in [0.2, 0.25) is 5.91 Å². The highest BCUT2D eigenvalue weighted by Crippen LogP contribution is 2.25. The molecular weight excluding hydrogens is 356 g/mol. The van der Waals surface area contributed by atoms with Gasteiger partial charge in [-0.15, -0.1) is 11.3 Å².